The highest BCUT2D eigenvalue weighted by atomic mass is 15.6. The maximum Gasteiger partial charge on any atom is 0.160 e. The second-order valence-electron chi connectivity index (χ2n) is 12.3. The van der Waals surface area contributed by atoms with E-state index in [1.165, 1.54) is 122 Å². The van der Waals surface area contributed by atoms with Crippen LogP contribution in [-0.2, 0) is 0 Å². The number of rotatable bonds is 0. The third-order valence-electron chi connectivity index (χ3n) is 10.1. The van der Waals surface area contributed by atoms with E-state index in [9.17, 15) is 0 Å². The third-order valence-corrected chi connectivity index (χ3v) is 10.1. The summed E-state index contributed by atoms with van der Waals surface area (Å²) in [6.45, 7) is 9.73. The van der Waals surface area contributed by atoms with Crippen molar-refractivity contribution in [3.05, 3.63) is 72.8 Å². The molecular weight excluding hydrogens is 492 g/mol. The van der Waals surface area contributed by atoms with Crippen molar-refractivity contribution in [2.24, 2.45) is 0 Å². The lowest BCUT2D eigenvalue weighted by Gasteiger charge is -2.56. The Kier molecular flexibility index (Phi) is 5.24. The van der Waals surface area contributed by atoms with Crippen molar-refractivity contribution >= 4 is 44.3 Å². The fourth-order valence-corrected chi connectivity index (χ4v) is 8.59. The van der Waals surface area contributed by atoms with Crippen molar-refractivity contribution in [3.8, 4) is 0 Å². The van der Waals surface area contributed by atoms with Crippen LogP contribution in [0.5, 0.6) is 0 Å². The minimum atomic E-state index is 0.456. The molecular formula is C34H38N6. The lowest BCUT2D eigenvalue weighted by atomic mass is 9.99. The molecule has 6 heteroatoms. The molecule has 0 unspecified atom stereocenters. The van der Waals surface area contributed by atoms with E-state index in [0.717, 1.165) is 0 Å². The van der Waals surface area contributed by atoms with Crippen LogP contribution in [0.2, 0.25) is 0 Å². The van der Waals surface area contributed by atoms with E-state index in [1.807, 2.05) is 0 Å². The van der Waals surface area contributed by atoms with Crippen LogP contribution in [0.25, 0.3) is 21.5 Å². The van der Waals surface area contributed by atoms with Crippen molar-refractivity contribution in [3.63, 3.8) is 0 Å². The molecule has 0 amide bonds. The summed E-state index contributed by atoms with van der Waals surface area (Å²) in [6.07, 6.45) is 6.04. The summed E-state index contributed by atoms with van der Waals surface area (Å²) in [4.78, 5) is 15.8. The van der Waals surface area contributed by atoms with Crippen molar-refractivity contribution < 1.29 is 0 Å². The van der Waals surface area contributed by atoms with Gasteiger partial charge in [0.05, 0.1) is 0 Å². The molecule has 0 atom stereocenters. The van der Waals surface area contributed by atoms with E-state index in [4.69, 9.17) is 0 Å². The van der Waals surface area contributed by atoms with E-state index in [2.05, 4.69) is 102 Å². The van der Waals surface area contributed by atoms with Gasteiger partial charge in [0.25, 0.3) is 0 Å². The Labute approximate surface area is 236 Å². The first-order valence-electron chi connectivity index (χ1n) is 15.4. The average molecular weight is 531 g/mol. The zero-order valence-corrected chi connectivity index (χ0v) is 23.3. The zero-order chi connectivity index (χ0) is 26.2. The fraction of sp³-hybridized carbons (Fsp3) is 0.412. The van der Waals surface area contributed by atoms with Gasteiger partial charge in [0, 0.05) is 85.9 Å². The first kappa shape index (κ1) is 23.2. The Balaban J connectivity index is 0.000000115. The van der Waals surface area contributed by atoms with Gasteiger partial charge in [-0.1, -0.05) is 48.5 Å². The Morgan fingerprint density at radius 2 is 0.675 bits per heavy atom. The summed E-state index contributed by atoms with van der Waals surface area (Å²) in [6, 6.07) is 27.0. The number of fused-ring (bicyclic) bond motifs is 4. The molecule has 0 aliphatic carbocycles. The highest BCUT2D eigenvalue weighted by Gasteiger charge is 2.42. The van der Waals surface area contributed by atoms with Crippen molar-refractivity contribution in [1.82, 2.24) is 9.80 Å². The van der Waals surface area contributed by atoms with Gasteiger partial charge in [-0.2, -0.15) is 0 Å². The SMILES string of the molecule is c1cc2c3c(cccc3c1)N1CCCN3CCCN2C31.c1cc2c3c(cccc3c1)N1CCCN3CCCN2C31. The lowest BCUT2D eigenvalue weighted by Crippen LogP contribution is -2.66. The number of anilines is 4. The van der Waals surface area contributed by atoms with E-state index in [1.54, 1.807) is 0 Å². The normalized spacial score (nSPS) is 22.2. The number of nitrogens with zero attached hydrogens (tertiary/aromatic N) is 6. The summed E-state index contributed by atoms with van der Waals surface area (Å²) in [5.41, 5.74) is 5.74. The van der Waals surface area contributed by atoms with Crippen LogP contribution in [0.1, 0.15) is 25.7 Å². The fourth-order valence-electron chi connectivity index (χ4n) is 8.59. The van der Waals surface area contributed by atoms with Crippen LogP contribution >= 0.6 is 0 Å². The Morgan fingerprint density at radius 1 is 0.375 bits per heavy atom. The molecule has 6 heterocycles. The Morgan fingerprint density at radius 3 is 0.975 bits per heavy atom. The molecule has 4 aromatic carbocycles. The second-order valence-corrected chi connectivity index (χ2v) is 12.3. The highest BCUT2D eigenvalue weighted by Crippen LogP contribution is 2.46. The van der Waals surface area contributed by atoms with Gasteiger partial charge >= 0.3 is 0 Å². The lowest BCUT2D eigenvalue weighted by molar-refractivity contribution is 0.128. The summed E-state index contributed by atoms with van der Waals surface area (Å²) < 4.78 is 0. The molecule has 40 heavy (non-hydrogen) atoms. The van der Waals surface area contributed by atoms with Crippen LogP contribution in [0, 0.1) is 0 Å². The first-order valence-corrected chi connectivity index (χ1v) is 15.4. The molecule has 0 bridgehead atoms. The van der Waals surface area contributed by atoms with Crippen LogP contribution in [-0.4, -0.2) is 74.7 Å². The molecule has 0 N–H and O–H groups in total. The molecule has 0 spiro atoms. The van der Waals surface area contributed by atoms with Gasteiger partial charge in [-0.05, 0) is 60.7 Å². The number of hydrogen-bond donors (Lipinski definition) is 0. The topological polar surface area (TPSA) is 19.4 Å². The largest absolute Gasteiger partial charge is 0.338 e. The van der Waals surface area contributed by atoms with E-state index in [0.29, 0.717) is 12.6 Å². The molecule has 0 aromatic heterocycles. The zero-order valence-electron chi connectivity index (χ0n) is 23.3. The monoisotopic (exact) mass is 530 g/mol. The summed E-state index contributed by atoms with van der Waals surface area (Å²) in [7, 11) is 0. The predicted molar refractivity (Wildman–Crippen MR) is 166 cm³/mol. The molecule has 4 aromatic rings. The molecule has 0 radical (unpaired) electrons. The van der Waals surface area contributed by atoms with Crippen LogP contribution in [0.4, 0.5) is 22.7 Å². The van der Waals surface area contributed by atoms with Gasteiger partial charge in [0.1, 0.15) is 0 Å². The Hall–Kier alpha value is -3.48. The van der Waals surface area contributed by atoms with Gasteiger partial charge in [0.15, 0.2) is 12.6 Å². The molecule has 0 saturated carbocycles. The maximum atomic E-state index is 2.65. The van der Waals surface area contributed by atoms with Crippen LogP contribution in [0.3, 0.4) is 0 Å². The second kappa shape index (κ2) is 9.02. The van der Waals surface area contributed by atoms with Crippen molar-refractivity contribution in [2.45, 2.75) is 38.3 Å². The first-order chi connectivity index (χ1) is 19.9. The third kappa shape index (κ3) is 3.29. The molecule has 6 nitrogen and oxygen atoms in total. The number of benzene rings is 4. The van der Waals surface area contributed by atoms with Gasteiger partial charge < -0.3 is 19.6 Å². The minimum Gasteiger partial charge on any atom is -0.338 e. The highest BCUT2D eigenvalue weighted by molar-refractivity contribution is 6.06. The van der Waals surface area contributed by atoms with Crippen LogP contribution < -0.4 is 19.6 Å². The van der Waals surface area contributed by atoms with Crippen molar-refractivity contribution in [1.29, 1.82) is 0 Å². The minimum absolute atomic E-state index is 0.456. The van der Waals surface area contributed by atoms with Gasteiger partial charge in [-0.25, -0.2) is 0 Å². The summed E-state index contributed by atoms with van der Waals surface area (Å²) >= 11 is 0. The summed E-state index contributed by atoms with van der Waals surface area (Å²) in [5, 5.41) is 5.66. The molecule has 6 aliphatic heterocycles. The van der Waals surface area contributed by atoms with Gasteiger partial charge in [0.2, 0.25) is 0 Å². The smallest absolute Gasteiger partial charge is 0.160 e. The average Bonchev–Trinajstić information content (AvgIpc) is 3.02. The summed E-state index contributed by atoms with van der Waals surface area (Å²) in [5.74, 6) is 0. The predicted octanol–water partition coefficient (Wildman–Crippen LogP) is 5.72. The maximum absolute atomic E-state index is 2.65. The van der Waals surface area contributed by atoms with E-state index in [-0.39, 0.29) is 0 Å². The van der Waals surface area contributed by atoms with E-state index >= 15 is 0 Å². The molecule has 10 rings (SSSR count). The van der Waals surface area contributed by atoms with Crippen molar-refractivity contribution in [2.75, 3.05) is 72.0 Å². The van der Waals surface area contributed by atoms with E-state index < -0.39 is 0 Å². The quantitative estimate of drug-likeness (QED) is 0.288. The van der Waals surface area contributed by atoms with Crippen LogP contribution in [0.15, 0.2) is 72.8 Å². The molecule has 204 valence electrons. The Bertz CT molecular complexity index is 1380. The van der Waals surface area contributed by atoms with Gasteiger partial charge in [-0.3, -0.25) is 9.80 Å². The molecule has 4 saturated heterocycles. The standard InChI is InChI=1S/2C17H19N3/c2*1-5-13-6-2-8-15-16(13)14(7-1)19-11-3-9-18-10-4-12-20(15)17(18)19/h2*1-2,5-8,17H,3-4,9-12H2. The molecule has 6 aliphatic rings. The number of hydrogen-bond acceptors (Lipinski definition) is 6. The van der Waals surface area contributed by atoms with Gasteiger partial charge in [-0.15, -0.1) is 0 Å². The molecule has 4 fully saturated rings.